The van der Waals surface area contributed by atoms with E-state index in [1.165, 1.54) is 11.3 Å². The van der Waals surface area contributed by atoms with Crippen molar-refractivity contribution in [2.75, 3.05) is 24.3 Å². The van der Waals surface area contributed by atoms with Crippen molar-refractivity contribution in [2.45, 2.75) is 6.54 Å². The number of hydrogen-bond acceptors (Lipinski definition) is 3. The summed E-state index contributed by atoms with van der Waals surface area (Å²) in [6, 6.07) is 18.1. The fraction of sp³-hybridized carbons (Fsp3) is 0.188. The van der Waals surface area contributed by atoms with Crippen LogP contribution in [0.5, 0.6) is 0 Å². The summed E-state index contributed by atoms with van der Waals surface area (Å²) in [5.74, 6) is 0. The van der Waals surface area contributed by atoms with Gasteiger partial charge >= 0.3 is 0 Å². The molecular formula is C16H17N3. The molecule has 3 nitrogen and oxygen atoms in total. The van der Waals surface area contributed by atoms with Gasteiger partial charge in [-0.25, -0.2) is 0 Å². The Morgan fingerprint density at radius 3 is 2.47 bits per heavy atom. The van der Waals surface area contributed by atoms with E-state index in [4.69, 9.17) is 5.26 Å². The predicted octanol–water partition coefficient (Wildman–Crippen LogP) is 3.24. The van der Waals surface area contributed by atoms with Crippen molar-refractivity contribution in [2.24, 2.45) is 0 Å². The van der Waals surface area contributed by atoms with E-state index in [1.807, 2.05) is 32.3 Å². The van der Waals surface area contributed by atoms with Gasteiger partial charge < -0.3 is 10.2 Å². The Bertz CT molecular complexity index is 580. The molecule has 3 heteroatoms. The molecule has 2 aromatic rings. The van der Waals surface area contributed by atoms with E-state index in [9.17, 15) is 0 Å². The maximum atomic E-state index is 8.85. The van der Waals surface area contributed by atoms with Gasteiger partial charge in [0, 0.05) is 32.0 Å². The second kappa shape index (κ2) is 5.92. The van der Waals surface area contributed by atoms with Crippen LogP contribution < -0.4 is 10.2 Å². The van der Waals surface area contributed by atoms with Gasteiger partial charge in [-0.05, 0) is 35.9 Å². The lowest BCUT2D eigenvalue weighted by atomic mass is 10.2. The Hall–Kier alpha value is -2.47. The van der Waals surface area contributed by atoms with Crippen molar-refractivity contribution in [1.29, 1.82) is 5.26 Å². The highest BCUT2D eigenvalue weighted by atomic mass is 15.1. The van der Waals surface area contributed by atoms with Crippen LogP contribution in [0.3, 0.4) is 0 Å². The van der Waals surface area contributed by atoms with Crippen LogP contribution in [0.4, 0.5) is 11.4 Å². The largest absolute Gasteiger partial charge is 0.381 e. The van der Waals surface area contributed by atoms with Crippen LogP contribution in [0.1, 0.15) is 11.1 Å². The lowest BCUT2D eigenvalue weighted by molar-refractivity contribution is 1.11. The second-order valence-corrected chi connectivity index (χ2v) is 4.61. The summed E-state index contributed by atoms with van der Waals surface area (Å²) >= 11 is 0. The summed E-state index contributed by atoms with van der Waals surface area (Å²) in [5.41, 5.74) is 4.05. The second-order valence-electron chi connectivity index (χ2n) is 4.61. The Morgan fingerprint density at radius 1 is 1.11 bits per heavy atom. The van der Waals surface area contributed by atoms with Crippen LogP contribution in [0.25, 0.3) is 0 Å². The Labute approximate surface area is 114 Å². The molecule has 0 saturated heterocycles. The zero-order valence-electron chi connectivity index (χ0n) is 11.2. The average molecular weight is 251 g/mol. The fourth-order valence-electron chi connectivity index (χ4n) is 1.81. The van der Waals surface area contributed by atoms with Gasteiger partial charge in [0.25, 0.3) is 0 Å². The minimum atomic E-state index is 0.674. The monoisotopic (exact) mass is 251 g/mol. The molecule has 0 fully saturated rings. The van der Waals surface area contributed by atoms with E-state index in [0.717, 1.165) is 12.2 Å². The van der Waals surface area contributed by atoms with Crippen molar-refractivity contribution in [3.8, 4) is 6.07 Å². The van der Waals surface area contributed by atoms with Crippen LogP contribution >= 0.6 is 0 Å². The van der Waals surface area contributed by atoms with Gasteiger partial charge in [-0.15, -0.1) is 0 Å². The topological polar surface area (TPSA) is 39.1 Å². The number of nitrogens with zero attached hydrogens (tertiary/aromatic N) is 2. The molecule has 2 aromatic carbocycles. The lowest BCUT2D eigenvalue weighted by Crippen LogP contribution is -2.08. The summed E-state index contributed by atoms with van der Waals surface area (Å²) < 4.78 is 0. The van der Waals surface area contributed by atoms with Crippen molar-refractivity contribution < 1.29 is 0 Å². The molecule has 19 heavy (non-hydrogen) atoms. The molecule has 0 saturated carbocycles. The first-order valence-electron chi connectivity index (χ1n) is 6.19. The maximum absolute atomic E-state index is 8.85. The summed E-state index contributed by atoms with van der Waals surface area (Å²) in [6.45, 7) is 0.753. The number of rotatable bonds is 4. The molecule has 0 spiro atoms. The third kappa shape index (κ3) is 3.49. The van der Waals surface area contributed by atoms with Gasteiger partial charge in [0.1, 0.15) is 0 Å². The van der Waals surface area contributed by atoms with Crippen LogP contribution in [0, 0.1) is 11.3 Å². The summed E-state index contributed by atoms with van der Waals surface area (Å²) in [7, 11) is 4.06. The maximum Gasteiger partial charge on any atom is 0.0992 e. The molecule has 0 radical (unpaired) electrons. The SMILES string of the molecule is CN(C)c1ccc(CNc2cccc(C#N)c2)cc1. The zero-order valence-corrected chi connectivity index (χ0v) is 11.2. The first kappa shape index (κ1) is 13.0. The minimum Gasteiger partial charge on any atom is -0.381 e. The quantitative estimate of drug-likeness (QED) is 0.906. The van der Waals surface area contributed by atoms with Crippen molar-refractivity contribution in [1.82, 2.24) is 0 Å². The molecule has 0 bridgehead atoms. The van der Waals surface area contributed by atoms with Gasteiger partial charge in [0.15, 0.2) is 0 Å². The highest BCUT2D eigenvalue weighted by molar-refractivity contribution is 5.50. The van der Waals surface area contributed by atoms with E-state index in [-0.39, 0.29) is 0 Å². The molecule has 0 aromatic heterocycles. The van der Waals surface area contributed by atoms with E-state index < -0.39 is 0 Å². The van der Waals surface area contributed by atoms with Crippen LogP contribution in [-0.2, 0) is 6.54 Å². The Kier molecular flexibility index (Phi) is 4.04. The van der Waals surface area contributed by atoms with Gasteiger partial charge in [-0.1, -0.05) is 18.2 Å². The summed E-state index contributed by atoms with van der Waals surface area (Å²) in [5, 5.41) is 12.2. The fourth-order valence-corrected chi connectivity index (χ4v) is 1.81. The van der Waals surface area contributed by atoms with E-state index in [1.54, 1.807) is 6.07 Å². The number of anilines is 2. The first-order valence-corrected chi connectivity index (χ1v) is 6.19. The third-order valence-electron chi connectivity index (χ3n) is 2.94. The van der Waals surface area contributed by atoms with Crippen molar-refractivity contribution >= 4 is 11.4 Å². The van der Waals surface area contributed by atoms with E-state index in [2.05, 4.69) is 40.6 Å². The molecule has 0 unspecified atom stereocenters. The first-order chi connectivity index (χ1) is 9.19. The number of hydrogen-bond donors (Lipinski definition) is 1. The normalized spacial score (nSPS) is 9.74. The molecule has 0 amide bonds. The lowest BCUT2D eigenvalue weighted by Gasteiger charge is -2.13. The average Bonchev–Trinajstić information content (AvgIpc) is 2.46. The predicted molar refractivity (Wildman–Crippen MR) is 79.3 cm³/mol. The molecule has 0 atom stereocenters. The smallest absolute Gasteiger partial charge is 0.0992 e. The number of nitriles is 1. The number of benzene rings is 2. The molecule has 96 valence electrons. The van der Waals surface area contributed by atoms with Crippen molar-refractivity contribution in [3.63, 3.8) is 0 Å². The Balaban J connectivity index is 2.00. The molecule has 0 heterocycles. The van der Waals surface area contributed by atoms with Crippen LogP contribution in [0.15, 0.2) is 48.5 Å². The molecule has 0 aliphatic carbocycles. The Morgan fingerprint density at radius 2 is 1.84 bits per heavy atom. The van der Waals surface area contributed by atoms with Gasteiger partial charge in [0.05, 0.1) is 11.6 Å². The van der Waals surface area contributed by atoms with Gasteiger partial charge in [-0.2, -0.15) is 5.26 Å². The highest BCUT2D eigenvalue weighted by Crippen LogP contribution is 2.15. The minimum absolute atomic E-state index is 0.674. The highest BCUT2D eigenvalue weighted by Gasteiger charge is 1.98. The van der Waals surface area contributed by atoms with E-state index in [0.29, 0.717) is 5.56 Å². The molecule has 0 aliphatic heterocycles. The summed E-state index contributed by atoms with van der Waals surface area (Å²) in [4.78, 5) is 2.08. The van der Waals surface area contributed by atoms with Gasteiger partial charge in [0.2, 0.25) is 0 Å². The summed E-state index contributed by atoms with van der Waals surface area (Å²) in [6.07, 6.45) is 0. The standard InChI is InChI=1S/C16H17N3/c1-19(2)16-8-6-13(7-9-16)12-18-15-5-3-4-14(10-15)11-17/h3-10,18H,12H2,1-2H3. The van der Waals surface area contributed by atoms with E-state index >= 15 is 0 Å². The van der Waals surface area contributed by atoms with Crippen LogP contribution in [-0.4, -0.2) is 14.1 Å². The third-order valence-corrected chi connectivity index (χ3v) is 2.94. The molecule has 2 rings (SSSR count). The van der Waals surface area contributed by atoms with Crippen molar-refractivity contribution in [3.05, 3.63) is 59.7 Å². The van der Waals surface area contributed by atoms with Gasteiger partial charge in [-0.3, -0.25) is 0 Å². The molecule has 0 aliphatic rings. The molecular weight excluding hydrogens is 234 g/mol. The van der Waals surface area contributed by atoms with Crippen LogP contribution in [0.2, 0.25) is 0 Å². The zero-order chi connectivity index (χ0) is 13.7. The number of nitrogens with one attached hydrogen (secondary N) is 1. The molecule has 1 N–H and O–H groups in total.